The van der Waals surface area contributed by atoms with E-state index in [1.807, 2.05) is 6.07 Å². The molecule has 0 heterocycles. The number of carbonyl (C=O) groups is 2. The molecule has 0 bridgehead atoms. The van der Waals surface area contributed by atoms with Crippen molar-refractivity contribution in [1.82, 2.24) is 5.43 Å². The number of unbranched alkanes of at least 4 members (excludes halogenated alkanes) is 1. The number of nitrogens with one attached hydrogen (secondary N) is 1. The maximum Gasteiger partial charge on any atom is 0.343 e. The molecule has 0 spiro atoms. The van der Waals surface area contributed by atoms with Gasteiger partial charge in [0.1, 0.15) is 5.75 Å². The van der Waals surface area contributed by atoms with Crippen LogP contribution >= 0.6 is 15.9 Å². The number of amides is 1. The Hall–Kier alpha value is -3.65. The van der Waals surface area contributed by atoms with Crippen LogP contribution in [0.2, 0.25) is 0 Å². The zero-order chi connectivity index (χ0) is 24.3. The van der Waals surface area contributed by atoms with Crippen molar-refractivity contribution in [3.05, 3.63) is 87.9 Å². The quantitative estimate of drug-likeness (QED) is 0.122. The Kier molecular flexibility index (Phi) is 9.22. The first-order valence-corrected chi connectivity index (χ1v) is 11.5. The molecule has 176 valence electrons. The molecular formula is C26H25BrN2O5. The summed E-state index contributed by atoms with van der Waals surface area (Å²) in [6.07, 6.45) is 3.52. The number of hydrogen-bond acceptors (Lipinski definition) is 6. The van der Waals surface area contributed by atoms with Crippen molar-refractivity contribution in [2.75, 3.05) is 13.7 Å². The van der Waals surface area contributed by atoms with Gasteiger partial charge in [0.2, 0.25) is 0 Å². The third-order valence-corrected chi connectivity index (χ3v) is 5.21. The van der Waals surface area contributed by atoms with Gasteiger partial charge in [-0.2, -0.15) is 5.10 Å². The number of esters is 1. The van der Waals surface area contributed by atoms with Gasteiger partial charge in [-0.15, -0.1) is 0 Å². The van der Waals surface area contributed by atoms with Gasteiger partial charge in [-0.05, 0) is 72.6 Å². The molecule has 0 aliphatic rings. The van der Waals surface area contributed by atoms with E-state index in [0.717, 1.165) is 23.1 Å². The molecule has 0 saturated carbocycles. The number of nitrogens with zero attached hydrogens (tertiary/aromatic N) is 1. The Morgan fingerprint density at radius 3 is 2.50 bits per heavy atom. The van der Waals surface area contributed by atoms with E-state index in [4.69, 9.17) is 14.2 Å². The minimum atomic E-state index is -0.505. The highest BCUT2D eigenvalue weighted by atomic mass is 79.9. The van der Waals surface area contributed by atoms with Gasteiger partial charge in [0.05, 0.1) is 25.5 Å². The van der Waals surface area contributed by atoms with Crippen LogP contribution in [0, 0.1) is 0 Å². The summed E-state index contributed by atoms with van der Waals surface area (Å²) in [5.74, 6) is 0.506. The molecular weight excluding hydrogens is 500 g/mol. The first kappa shape index (κ1) is 25.0. The van der Waals surface area contributed by atoms with E-state index in [1.54, 1.807) is 60.7 Å². The van der Waals surface area contributed by atoms with Gasteiger partial charge in [-0.1, -0.05) is 35.3 Å². The molecule has 8 heteroatoms. The lowest BCUT2D eigenvalue weighted by atomic mass is 10.2. The molecule has 3 aromatic rings. The lowest BCUT2D eigenvalue weighted by molar-refractivity contribution is 0.0729. The number of benzene rings is 3. The number of methoxy groups -OCH3 is 1. The fourth-order valence-corrected chi connectivity index (χ4v) is 3.29. The highest BCUT2D eigenvalue weighted by Gasteiger charge is 2.13. The average Bonchev–Trinajstić information content (AvgIpc) is 2.85. The van der Waals surface area contributed by atoms with Gasteiger partial charge >= 0.3 is 5.97 Å². The van der Waals surface area contributed by atoms with Gasteiger partial charge in [0, 0.05) is 10.0 Å². The highest BCUT2D eigenvalue weighted by Crippen LogP contribution is 2.28. The maximum atomic E-state index is 12.4. The summed E-state index contributed by atoms with van der Waals surface area (Å²) >= 11 is 3.33. The maximum absolute atomic E-state index is 12.4. The van der Waals surface area contributed by atoms with Gasteiger partial charge in [-0.25, -0.2) is 10.2 Å². The normalized spacial score (nSPS) is 10.7. The van der Waals surface area contributed by atoms with Crippen molar-refractivity contribution >= 4 is 34.0 Å². The van der Waals surface area contributed by atoms with E-state index < -0.39 is 5.97 Å². The molecule has 0 atom stereocenters. The third kappa shape index (κ3) is 7.18. The van der Waals surface area contributed by atoms with Crippen molar-refractivity contribution in [3.8, 4) is 17.2 Å². The Bertz CT molecular complexity index is 1160. The Morgan fingerprint density at radius 1 is 1.00 bits per heavy atom. The monoisotopic (exact) mass is 524 g/mol. The minimum absolute atomic E-state index is 0.273. The van der Waals surface area contributed by atoms with Gasteiger partial charge < -0.3 is 14.2 Å². The molecule has 7 nitrogen and oxygen atoms in total. The van der Waals surface area contributed by atoms with E-state index in [-0.39, 0.29) is 11.7 Å². The van der Waals surface area contributed by atoms with Crippen LogP contribution in [-0.4, -0.2) is 31.8 Å². The van der Waals surface area contributed by atoms with Crippen LogP contribution in [0.15, 0.2) is 76.3 Å². The fourth-order valence-electron chi connectivity index (χ4n) is 2.89. The van der Waals surface area contributed by atoms with E-state index in [9.17, 15) is 9.59 Å². The molecule has 0 fully saturated rings. The molecule has 3 aromatic carbocycles. The number of hydrazone groups is 1. The van der Waals surface area contributed by atoms with E-state index in [2.05, 4.69) is 33.4 Å². The number of rotatable bonds is 10. The first-order chi connectivity index (χ1) is 16.5. The molecule has 0 aromatic heterocycles. The molecule has 0 saturated heterocycles. The second-order valence-corrected chi connectivity index (χ2v) is 8.15. The standard InChI is InChI=1S/C26H25BrN2O5/c1-3-4-14-33-22-11-9-19(10-12-22)25(30)29-28-17-18-8-13-23(24(15-18)32-2)34-26(31)20-6-5-7-21(27)16-20/h5-13,15-17H,3-4,14H2,1-2H3,(H,29,30)/b28-17-. The number of hydrogen-bond donors (Lipinski definition) is 1. The van der Waals surface area contributed by atoms with Crippen molar-refractivity contribution < 1.29 is 23.8 Å². The number of halogens is 1. The Morgan fingerprint density at radius 2 is 1.79 bits per heavy atom. The highest BCUT2D eigenvalue weighted by molar-refractivity contribution is 9.10. The predicted octanol–water partition coefficient (Wildman–Crippen LogP) is 5.62. The van der Waals surface area contributed by atoms with Crippen LogP contribution < -0.4 is 19.6 Å². The SMILES string of the molecule is CCCCOc1ccc(C(=O)N/N=C\c2ccc(OC(=O)c3cccc(Br)c3)c(OC)c2)cc1. The largest absolute Gasteiger partial charge is 0.494 e. The topological polar surface area (TPSA) is 86.2 Å². The molecule has 1 N–H and O–H groups in total. The van der Waals surface area contributed by atoms with Gasteiger partial charge in [0.25, 0.3) is 5.91 Å². The summed E-state index contributed by atoms with van der Waals surface area (Å²) in [6, 6.07) is 18.8. The van der Waals surface area contributed by atoms with E-state index in [0.29, 0.717) is 29.0 Å². The molecule has 0 radical (unpaired) electrons. The second kappa shape index (κ2) is 12.6. The fraction of sp³-hybridized carbons (Fsp3) is 0.192. The van der Waals surface area contributed by atoms with Crippen LogP contribution in [0.1, 0.15) is 46.0 Å². The van der Waals surface area contributed by atoms with Crippen molar-refractivity contribution in [3.63, 3.8) is 0 Å². The smallest absolute Gasteiger partial charge is 0.343 e. The van der Waals surface area contributed by atoms with Crippen molar-refractivity contribution in [2.45, 2.75) is 19.8 Å². The molecule has 0 unspecified atom stereocenters. The van der Waals surface area contributed by atoms with E-state index >= 15 is 0 Å². The van der Waals surface area contributed by atoms with Crippen LogP contribution in [0.5, 0.6) is 17.2 Å². The summed E-state index contributed by atoms with van der Waals surface area (Å²) in [5, 5.41) is 4.00. The molecule has 1 amide bonds. The Balaban J connectivity index is 1.59. The van der Waals surface area contributed by atoms with Crippen molar-refractivity contribution in [2.24, 2.45) is 5.10 Å². The number of carbonyl (C=O) groups excluding carboxylic acids is 2. The summed E-state index contributed by atoms with van der Waals surface area (Å²) in [5.41, 5.74) is 4.01. The zero-order valence-corrected chi connectivity index (χ0v) is 20.5. The summed E-state index contributed by atoms with van der Waals surface area (Å²) in [6.45, 7) is 2.75. The van der Waals surface area contributed by atoms with Gasteiger partial charge in [-0.3, -0.25) is 4.79 Å². The third-order valence-electron chi connectivity index (χ3n) is 4.71. The summed E-state index contributed by atoms with van der Waals surface area (Å²) in [7, 11) is 1.48. The number of ether oxygens (including phenoxy) is 3. The lowest BCUT2D eigenvalue weighted by Gasteiger charge is -2.10. The predicted molar refractivity (Wildman–Crippen MR) is 134 cm³/mol. The van der Waals surface area contributed by atoms with Crippen LogP contribution in [0.25, 0.3) is 0 Å². The molecule has 34 heavy (non-hydrogen) atoms. The van der Waals surface area contributed by atoms with Gasteiger partial charge in [0.15, 0.2) is 11.5 Å². The summed E-state index contributed by atoms with van der Waals surface area (Å²) < 4.78 is 17.2. The van der Waals surface area contributed by atoms with E-state index in [1.165, 1.54) is 13.3 Å². The van der Waals surface area contributed by atoms with Crippen LogP contribution in [0.4, 0.5) is 0 Å². The zero-order valence-electron chi connectivity index (χ0n) is 18.9. The summed E-state index contributed by atoms with van der Waals surface area (Å²) in [4.78, 5) is 24.7. The van der Waals surface area contributed by atoms with Crippen molar-refractivity contribution in [1.29, 1.82) is 0 Å². The van der Waals surface area contributed by atoms with Crippen LogP contribution in [0.3, 0.4) is 0 Å². The molecule has 3 rings (SSSR count). The second-order valence-electron chi connectivity index (χ2n) is 7.24. The molecule has 0 aliphatic heterocycles. The molecule has 0 aliphatic carbocycles. The lowest BCUT2D eigenvalue weighted by Crippen LogP contribution is -2.17. The Labute approximate surface area is 206 Å². The minimum Gasteiger partial charge on any atom is -0.494 e. The average molecular weight is 525 g/mol. The first-order valence-electron chi connectivity index (χ1n) is 10.7. The van der Waals surface area contributed by atoms with Crippen LogP contribution in [-0.2, 0) is 0 Å².